The molecule has 35 heavy (non-hydrogen) atoms. The molecular weight excluding hydrogens is 509 g/mol. The summed E-state index contributed by atoms with van der Waals surface area (Å²) < 4.78 is 61.0. The molecule has 190 valence electrons. The molecule has 8 nitrogen and oxygen atoms in total. The molecule has 0 spiro atoms. The predicted octanol–water partition coefficient (Wildman–Crippen LogP) is 3.68. The second-order valence-electron chi connectivity index (χ2n) is 8.31. The van der Waals surface area contributed by atoms with Crippen molar-refractivity contribution in [3.63, 3.8) is 0 Å². The molecule has 0 aliphatic carbocycles. The Bertz CT molecular complexity index is 1200. The fraction of sp³-hybridized carbons (Fsp3) is 0.409. The van der Waals surface area contributed by atoms with E-state index in [9.17, 15) is 31.2 Å². The van der Waals surface area contributed by atoms with Gasteiger partial charge in [0.2, 0.25) is 5.91 Å². The lowest BCUT2D eigenvalue weighted by Crippen LogP contribution is -2.38. The molecule has 1 saturated heterocycles. The summed E-state index contributed by atoms with van der Waals surface area (Å²) in [6, 6.07) is 7.59. The van der Waals surface area contributed by atoms with Crippen LogP contribution in [0.4, 0.5) is 24.7 Å². The normalized spacial score (nSPS) is 15.1. The highest BCUT2D eigenvalue weighted by Gasteiger charge is 2.29. The zero-order valence-electron chi connectivity index (χ0n) is 18.7. The minimum atomic E-state index is -4.46. The minimum absolute atomic E-state index is 0.0251. The Morgan fingerprint density at radius 1 is 1.20 bits per heavy atom. The number of carbonyl (C=O) groups excluding carboxylic acids is 2. The first kappa shape index (κ1) is 26.7. The van der Waals surface area contributed by atoms with E-state index in [1.54, 1.807) is 18.2 Å². The maximum Gasteiger partial charge on any atom is 0.405 e. The number of piperidine rings is 1. The molecule has 1 aromatic heterocycles. The number of rotatable bonds is 7. The zero-order chi connectivity index (χ0) is 25.8. The van der Waals surface area contributed by atoms with Crippen LogP contribution in [0, 0.1) is 5.92 Å². The number of sulfone groups is 1. The number of carbonyl (C=O) groups is 2. The van der Waals surface area contributed by atoms with Gasteiger partial charge in [-0.2, -0.15) is 13.2 Å². The highest BCUT2D eigenvalue weighted by molar-refractivity contribution is 7.90. The monoisotopic (exact) mass is 532 g/mol. The summed E-state index contributed by atoms with van der Waals surface area (Å²) >= 11 is 5.96. The van der Waals surface area contributed by atoms with Crippen LogP contribution >= 0.6 is 11.6 Å². The smallest absolute Gasteiger partial charge is 0.355 e. The standard InChI is InChI=1S/C22H24ClF3N4O4S/c1-35(33,34)17-11-18(29-21(32)15-3-2-4-16(23)10-15)20(27-12-17)30-7-5-14(6-8-30)9-19(31)28-13-22(24,25)26/h2-4,10-12,14H,5-9,13H2,1H3,(H,28,31)(H,29,32). The molecule has 0 unspecified atom stereocenters. The number of hydrogen-bond donors (Lipinski definition) is 2. The van der Waals surface area contributed by atoms with Gasteiger partial charge in [-0.15, -0.1) is 0 Å². The van der Waals surface area contributed by atoms with Crippen molar-refractivity contribution in [2.45, 2.75) is 30.3 Å². The highest BCUT2D eigenvalue weighted by atomic mass is 35.5. The van der Waals surface area contributed by atoms with Crippen LogP contribution in [-0.4, -0.2) is 57.3 Å². The van der Waals surface area contributed by atoms with E-state index < -0.39 is 34.4 Å². The molecule has 3 rings (SSSR count). The van der Waals surface area contributed by atoms with Gasteiger partial charge >= 0.3 is 6.18 Å². The molecule has 13 heteroatoms. The summed E-state index contributed by atoms with van der Waals surface area (Å²) in [5.41, 5.74) is 0.469. The summed E-state index contributed by atoms with van der Waals surface area (Å²) in [6.45, 7) is -0.526. The van der Waals surface area contributed by atoms with Gasteiger partial charge in [0.15, 0.2) is 15.7 Å². The number of alkyl halides is 3. The molecular formula is C22H24ClF3N4O4S. The third kappa shape index (κ3) is 7.82. The largest absolute Gasteiger partial charge is 0.405 e. The van der Waals surface area contributed by atoms with E-state index in [1.807, 2.05) is 10.2 Å². The van der Waals surface area contributed by atoms with Crippen LogP contribution in [0.15, 0.2) is 41.4 Å². The van der Waals surface area contributed by atoms with Gasteiger partial charge in [0, 0.05) is 42.5 Å². The first-order chi connectivity index (χ1) is 16.3. The van der Waals surface area contributed by atoms with E-state index in [0.29, 0.717) is 36.8 Å². The Morgan fingerprint density at radius 2 is 1.89 bits per heavy atom. The zero-order valence-corrected chi connectivity index (χ0v) is 20.3. The van der Waals surface area contributed by atoms with E-state index in [-0.39, 0.29) is 28.5 Å². The van der Waals surface area contributed by atoms with Crippen LogP contribution in [-0.2, 0) is 14.6 Å². The molecule has 2 aromatic rings. The lowest BCUT2D eigenvalue weighted by Gasteiger charge is -2.33. The second-order valence-corrected chi connectivity index (χ2v) is 10.8. The molecule has 1 aromatic carbocycles. The number of nitrogens with one attached hydrogen (secondary N) is 2. The van der Waals surface area contributed by atoms with Crippen molar-refractivity contribution in [1.29, 1.82) is 0 Å². The van der Waals surface area contributed by atoms with Gasteiger partial charge in [-0.25, -0.2) is 13.4 Å². The molecule has 2 heterocycles. The van der Waals surface area contributed by atoms with Crippen LogP contribution in [0.5, 0.6) is 0 Å². The van der Waals surface area contributed by atoms with Crippen molar-refractivity contribution >= 4 is 44.8 Å². The van der Waals surface area contributed by atoms with Crippen molar-refractivity contribution in [3.05, 3.63) is 47.1 Å². The average Bonchev–Trinajstić information content (AvgIpc) is 2.77. The predicted molar refractivity (Wildman–Crippen MR) is 125 cm³/mol. The first-order valence-corrected chi connectivity index (χ1v) is 12.9. The Labute approximate surface area is 205 Å². The van der Waals surface area contributed by atoms with Crippen LogP contribution in [0.1, 0.15) is 29.6 Å². The summed E-state index contributed by atoms with van der Waals surface area (Å²) in [4.78, 5) is 30.6. The highest BCUT2D eigenvalue weighted by Crippen LogP contribution is 2.31. The van der Waals surface area contributed by atoms with Crippen LogP contribution < -0.4 is 15.5 Å². The topological polar surface area (TPSA) is 108 Å². The Morgan fingerprint density at radius 3 is 2.49 bits per heavy atom. The molecule has 0 saturated carbocycles. The molecule has 0 bridgehead atoms. The van der Waals surface area contributed by atoms with Crippen molar-refractivity contribution in [2.24, 2.45) is 5.92 Å². The molecule has 1 aliphatic heterocycles. The number of anilines is 2. The maximum atomic E-state index is 12.8. The molecule has 2 N–H and O–H groups in total. The first-order valence-electron chi connectivity index (χ1n) is 10.7. The lowest BCUT2D eigenvalue weighted by molar-refractivity contribution is -0.139. The van der Waals surface area contributed by atoms with E-state index in [4.69, 9.17) is 11.6 Å². The number of hydrogen-bond acceptors (Lipinski definition) is 6. The Kier molecular flexibility index (Phi) is 8.26. The number of aromatic nitrogens is 1. The van der Waals surface area contributed by atoms with Gasteiger partial charge in [0.25, 0.3) is 5.91 Å². The summed E-state index contributed by atoms with van der Waals surface area (Å²) in [7, 11) is -3.60. The van der Waals surface area contributed by atoms with E-state index in [1.165, 1.54) is 18.3 Å². The fourth-order valence-corrected chi connectivity index (χ4v) is 4.46. The molecule has 1 fully saturated rings. The van der Waals surface area contributed by atoms with Crippen LogP contribution in [0.25, 0.3) is 0 Å². The molecule has 0 radical (unpaired) electrons. The van der Waals surface area contributed by atoms with Gasteiger partial charge in [-0.1, -0.05) is 17.7 Å². The number of amides is 2. The van der Waals surface area contributed by atoms with Gasteiger partial charge in [-0.3, -0.25) is 9.59 Å². The number of pyridine rings is 1. The maximum absolute atomic E-state index is 12.8. The molecule has 2 amide bonds. The van der Waals surface area contributed by atoms with Crippen molar-refractivity contribution in [1.82, 2.24) is 10.3 Å². The quantitative estimate of drug-likeness (QED) is 0.563. The van der Waals surface area contributed by atoms with E-state index >= 15 is 0 Å². The third-order valence-corrected chi connectivity index (χ3v) is 6.79. The average molecular weight is 533 g/mol. The van der Waals surface area contributed by atoms with Gasteiger partial charge < -0.3 is 15.5 Å². The number of halogens is 4. The summed E-state index contributed by atoms with van der Waals surface area (Å²) in [5.74, 6) is -0.921. The van der Waals surface area contributed by atoms with Crippen LogP contribution in [0.3, 0.4) is 0 Å². The number of nitrogens with zero attached hydrogens (tertiary/aromatic N) is 2. The van der Waals surface area contributed by atoms with Gasteiger partial charge in [0.1, 0.15) is 6.54 Å². The third-order valence-electron chi connectivity index (χ3n) is 5.48. The SMILES string of the molecule is CS(=O)(=O)c1cnc(N2CCC(CC(=O)NCC(F)(F)F)CC2)c(NC(=O)c2cccc(Cl)c2)c1. The van der Waals surface area contributed by atoms with Gasteiger partial charge in [-0.05, 0) is 43.0 Å². The summed E-state index contributed by atoms with van der Waals surface area (Å²) in [5, 5.41) is 4.94. The number of benzene rings is 1. The van der Waals surface area contributed by atoms with Crippen LogP contribution in [0.2, 0.25) is 5.02 Å². The second kappa shape index (κ2) is 10.8. The molecule has 1 aliphatic rings. The van der Waals surface area contributed by atoms with Gasteiger partial charge in [0.05, 0.1) is 10.6 Å². The van der Waals surface area contributed by atoms with Crippen molar-refractivity contribution in [3.8, 4) is 0 Å². The molecule has 0 atom stereocenters. The Hall–Kier alpha value is -2.86. The Balaban J connectivity index is 1.73. The van der Waals surface area contributed by atoms with Crippen molar-refractivity contribution < 1.29 is 31.2 Å². The lowest BCUT2D eigenvalue weighted by atomic mass is 9.93. The fourth-order valence-electron chi connectivity index (χ4n) is 3.69. The van der Waals surface area contributed by atoms with E-state index in [2.05, 4.69) is 10.3 Å². The van der Waals surface area contributed by atoms with Crippen molar-refractivity contribution in [2.75, 3.05) is 36.1 Å². The minimum Gasteiger partial charge on any atom is -0.355 e. The summed E-state index contributed by atoms with van der Waals surface area (Å²) in [6.07, 6.45) is -1.23. The van der Waals surface area contributed by atoms with E-state index in [0.717, 1.165) is 6.26 Å².